The smallest absolute Gasteiger partial charge is 0.319 e. The van der Waals surface area contributed by atoms with Gasteiger partial charge in [0.25, 0.3) is 0 Å². The van der Waals surface area contributed by atoms with E-state index in [4.69, 9.17) is 14.7 Å². The Bertz CT molecular complexity index is 1020. The summed E-state index contributed by atoms with van der Waals surface area (Å²) in [5, 5.41) is 5.60. The van der Waals surface area contributed by atoms with Gasteiger partial charge in [0.1, 0.15) is 5.82 Å². The predicted molar refractivity (Wildman–Crippen MR) is 141 cm³/mol. The number of carbonyl (C=O) groups is 1. The van der Waals surface area contributed by atoms with Crippen molar-refractivity contribution in [1.29, 1.82) is 0 Å². The van der Waals surface area contributed by atoms with Gasteiger partial charge < -0.3 is 20.3 Å². The van der Waals surface area contributed by atoms with E-state index in [1.54, 1.807) is 0 Å². The van der Waals surface area contributed by atoms with Gasteiger partial charge in [-0.15, -0.1) is 0 Å². The van der Waals surface area contributed by atoms with Gasteiger partial charge in [0.15, 0.2) is 5.82 Å². The van der Waals surface area contributed by atoms with Gasteiger partial charge in [-0.1, -0.05) is 20.8 Å². The van der Waals surface area contributed by atoms with Gasteiger partial charge >= 0.3 is 6.03 Å². The summed E-state index contributed by atoms with van der Waals surface area (Å²) in [6, 6.07) is 7.84. The van der Waals surface area contributed by atoms with Gasteiger partial charge in [0, 0.05) is 43.0 Å². The van der Waals surface area contributed by atoms with Crippen LogP contribution in [0.5, 0.6) is 0 Å². The van der Waals surface area contributed by atoms with Crippen molar-refractivity contribution in [1.82, 2.24) is 20.2 Å². The molecule has 8 heteroatoms. The molecule has 2 aliphatic rings. The summed E-state index contributed by atoms with van der Waals surface area (Å²) in [5.41, 5.74) is 4.42. The predicted octanol–water partition coefficient (Wildman–Crippen LogP) is 4.30. The molecule has 0 radical (unpaired) electrons. The highest BCUT2D eigenvalue weighted by Crippen LogP contribution is 2.32. The molecule has 1 aromatic carbocycles. The molecule has 0 spiro atoms. The van der Waals surface area contributed by atoms with Crippen molar-refractivity contribution in [3.8, 4) is 11.4 Å². The van der Waals surface area contributed by atoms with Crippen molar-refractivity contribution in [2.45, 2.75) is 60.0 Å². The largest absolute Gasteiger partial charge is 0.377 e. The Balaban J connectivity index is 1.63. The van der Waals surface area contributed by atoms with Gasteiger partial charge in [0.05, 0.1) is 24.9 Å². The van der Waals surface area contributed by atoms with Crippen LogP contribution in [-0.4, -0.2) is 66.3 Å². The number of morpholine rings is 1. The van der Waals surface area contributed by atoms with E-state index in [2.05, 4.69) is 48.1 Å². The number of anilines is 2. The molecule has 1 saturated heterocycles. The lowest BCUT2D eigenvalue weighted by Crippen LogP contribution is -2.45. The van der Waals surface area contributed by atoms with E-state index in [1.165, 1.54) is 5.56 Å². The number of rotatable bonds is 6. The minimum absolute atomic E-state index is 0.204. The number of aromatic nitrogens is 2. The van der Waals surface area contributed by atoms with Crippen LogP contribution in [0.1, 0.15) is 52.3 Å². The molecule has 3 heterocycles. The van der Waals surface area contributed by atoms with Crippen LogP contribution in [0.4, 0.5) is 16.3 Å². The molecule has 190 valence electrons. The van der Waals surface area contributed by atoms with Gasteiger partial charge in [-0.2, -0.15) is 0 Å². The van der Waals surface area contributed by atoms with E-state index in [0.717, 1.165) is 74.2 Å². The zero-order chi connectivity index (χ0) is 25.0. The third kappa shape index (κ3) is 6.49. The molecule has 2 aliphatic heterocycles. The van der Waals surface area contributed by atoms with Gasteiger partial charge in [-0.25, -0.2) is 14.8 Å². The maximum absolute atomic E-state index is 11.9. The number of fused-ring (bicyclic) bond motifs is 1. The Morgan fingerprint density at radius 1 is 1.17 bits per heavy atom. The van der Waals surface area contributed by atoms with Crippen LogP contribution < -0.4 is 15.5 Å². The number of hydrogen-bond acceptors (Lipinski definition) is 6. The average Bonchev–Trinajstić information content (AvgIpc) is 2.82. The Labute approximate surface area is 209 Å². The number of nitrogens with zero attached hydrogens (tertiary/aromatic N) is 4. The number of hydrogen-bond donors (Lipinski definition) is 2. The van der Waals surface area contributed by atoms with Crippen molar-refractivity contribution in [3.63, 3.8) is 0 Å². The molecule has 0 saturated carbocycles. The van der Waals surface area contributed by atoms with Crippen LogP contribution in [0.2, 0.25) is 0 Å². The summed E-state index contributed by atoms with van der Waals surface area (Å²) < 4.78 is 5.70. The lowest BCUT2D eigenvalue weighted by Gasteiger charge is -2.38. The maximum atomic E-state index is 11.9. The van der Waals surface area contributed by atoms with E-state index in [-0.39, 0.29) is 12.1 Å². The second-order valence-corrected chi connectivity index (χ2v) is 10.8. The third-order valence-corrected chi connectivity index (χ3v) is 6.68. The third-order valence-electron chi connectivity index (χ3n) is 6.68. The first-order valence-corrected chi connectivity index (χ1v) is 12.9. The number of nitrogens with one attached hydrogen (secondary N) is 2. The van der Waals surface area contributed by atoms with Crippen LogP contribution in [0.3, 0.4) is 0 Å². The molecule has 4 rings (SSSR count). The highest BCUT2D eigenvalue weighted by molar-refractivity contribution is 5.89. The van der Waals surface area contributed by atoms with Crippen molar-refractivity contribution in [2.75, 3.05) is 49.6 Å². The first-order chi connectivity index (χ1) is 16.7. The van der Waals surface area contributed by atoms with E-state index < -0.39 is 0 Å². The maximum Gasteiger partial charge on any atom is 0.319 e. The van der Waals surface area contributed by atoms with Crippen molar-refractivity contribution >= 4 is 17.5 Å². The molecule has 2 aromatic rings. The van der Waals surface area contributed by atoms with Crippen molar-refractivity contribution in [3.05, 3.63) is 35.5 Å². The van der Waals surface area contributed by atoms with E-state index >= 15 is 0 Å². The summed E-state index contributed by atoms with van der Waals surface area (Å²) in [4.78, 5) is 26.9. The summed E-state index contributed by atoms with van der Waals surface area (Å²) in [7, 11) is 0. The molecule has 1 aromatic heterocycles. The van der Waals surface area contributed by atoms with Crippen LogP contribution in [-0.2, 0) is 17.7 Å². The summed E-state index contributed by atoms with van der Waals surface area (Å²) in [6.07, 6.45) is 2.13. The molecule has 1 atom stereocenters. The van der Waals surface area contributed by atoms with Crippen molar-refractivity contribution in [2.24, 2.45) is 5.41 Å². The Morgan fingerprint density at radius 3 is 2.63 bits per heavy atom. The molecule has 1 unspecified atom stereocenters. The number of benzene rings is 1. The fraction of sp³-hybridized carbons (Fsp3) is 0.593. The lowest BCUT2D eigenvalue weighted by atomic mass is 9.91. The average molecular weight is 481 g/mol. The lowest BCUT2D eigenvalue weighted by molar-refractivity contribution is 0.0983. The molecular weight excluding hydrogens is 440 g/mol. The minimum atomic E-state index is -0.204. The van der Waals surface area contributed by atoms with Crippen LogP contribution in [0.15, 0.2) is 24.3 Å². The Morgan fingerprint density at radius 2 is 1.94 bits per heavy atom. The van der Waals surface area contributed by atoms with E-state index in [9.17, 15) is 4.79 Å². The first kappa shape index (κ1) is 25.4. The Kier molecular flexibility index (Phi) is 7.91. The normalized spacial score (nSPS) is 18.8. The second-order valence-electron chi connectivity index (χ2n) is 10.8. The molecule has 35 heavy (non-hydrogen) atoms. The SMILES string of the molecule is CCNC(=O)Nc1ccc(-c2nc3c(c(N4CCOCC4C)n2)CCN(CCC(C)(C)C)C3)cc1. The van der Waals surface area contributed by atoms with E-state index in [0.29, 0.717) is 18.6 Å². The quantitative estimate of drug-likeness (QED) is 0.641. The number of amides is 2. The molecule has 8 nitrogen and oxygen atoms in total. The van der Waals surface area contributed by atoms with Gasteiger partial charge in [-0.05, 0) is 62.9 Å². The number of urea groups is 1. The molecule has 0 bridgehead atoms. The molecule has 2 N–H and O–H groups in total. The van der Waals surface area contributed by atoms with E-state index in [1.807, 2.05) is 31.2 Å². The minimum Gasteiger partial charge on any atom is -0.377 e. The van der Waals surface area contributed by atoms with Crippen LogP contribution >= 0.6 is 0 Å². The second kappa shape index (κ2) is 10.9. The Hall–Kier alpha value is -2.71. The van der Waals surface area contributed by atoms with Gasteiger partial charge in [0.2, 0.25) is 0 Å². The molecule has 1 fully saturated rings. The first-order valence-electron chi connectivity index (χ1n) is 12.9. The fourth-order valence-electron chi connectivity index (χ4n) is 4.60. The molecule has 0 aliphatic carbocycles. The van der Waals surface area contributed by atoms with Gasteiger partial charge in [-0.3, -0.25) is 4.90 Å². The summed E-state index contributed by atoms with van der Waals surface area (Å²) in [6.45, 7) is 16.8. The zero-order valence-electron chi connectivity index (χ0n) is 21.9. The fourth-order valence-corrected chi connectivity index (χ4v) is 4.60. The highest BCUT2D eigenvalue weighted by atomic mass is 16.5. The van der Waals surface area contributed by atoms with Crippen molar-refractivity contribution < 1.29 is 9.53 Å². The van der Waals surface area contributed by atoms with Crippen LogP contribution in [0.25, 0.3) is 11.4 Å². The number of ether oxygens (including phenoxy) is 1. The number of carbonyl (C=O) groups excluding carboxylic acids is 1. The zero-order valence-corrected chi connectivity index (χ0v) is 21.9. The highest BCUT2D eigenvalue weighted by Gasteiger charge is 2.29. The summed E-state index contributed by atoms with van der Waals surface area (Å²) >= 11 is 0. The molecular formula is C27H40N6O2. The monoisotopic (exact) mass is 480 g/mol. The van der Waals surface area contributed by atoms with Crippen LogP contribution in [0, 0.1) is 5.41 Å². The summed E-state index contributed by atoms with van der Waals surface area (Å²) in [5.74, 6) is 1.79. The standard InChI is InChI=1S/C27H40N6O2/c1-6-28-26(34)29-21-9-7-20(8-10-21)24-30-23-17-32(14-12-27(3,4)5)13-11-22(23)25(31-24)33-15-16-35-18-19(33)2/h7-10,19H,6,11-18H2,1-5H3,(H2,28,29,34). The molecule has 2 amide bonds. The topological polar surface area (TPSA) is 82.6 Å².